The number of aromatic hydroxyl groups is 1. The maximum atomic E-state index is 13.5. The molecule has 2 N–H and O–H groups in total. The van der Waals surface area contributed by atoms with Crippen molar-refractivity contribution in [3.8, 4) is 5.75 Å². The fraction of sp³-hybridized carbons (Fsp3) is 0.571. The van der Waals surface area contributed by atoms with Gasteiger partial charge >= 0.3 is 0 Å². The summed E-state index contributed by atoms with van der Waals surface area (Å²) >= 11 is 0. The third-order valence-electron chi connectivity index (χ3n) is 3.70. The van der Waals surface area contributed by atoms with E-state index in [1.165, 1.54) is 6.07 Å². The predicted octanol–water partition coefficient (Wildman–Crippen LogP) is 3.04. The van der Waals surface area contributed by atoms with E-state index in [9.17, 15) is 9.50 Å². The van der Waals surface area contributed by atoms with Crippen molar-refractivity contribution in [2.75, 3.05) is 26.2 Å². The number of phenolic OH excluding ortho intramolecular Hbond substituents is 1. The quantitative estimate of drug-likeness (QED) is 0.897. The molecule has 1 aliphatic rings. The molecule has 1 aromatic carbocycles. The Labute approximate surface area is 132 Å². The highest BCUT2D eigenvalue weighted by molar-refractivity contribution is 5.85. The number of rotatable bonds is 3. The standard InChI is InChI=1S/C14H21FN2O.2ClH/c1-3-12(17-8-6-16-7-9-17)13-10(2)4-5-11(15)14(13)18;;/h4-5,12,16,18H,3,6-9H2,1-2H3;2*1H/t12-;;/m0../s1. The van der Waals surface area contributed by atoms with Crippen LogP contribution in [0.5, 0.6) is 5.75 Å². The third-order valence-corrected chi connectivity index (χ3v) is 3.70. The molecule has 0 amide bonds. The monoisotopic (exact) mass is 324 g/mol. The summed E-state index contributed by atoms with van der Waals surface area (Å²) in [6.45, 7) is 7.79. The first kappa shape index (κ1) is 19.4. The summed E-state index contributed by atoms with van der Waals surface area (Å²) < 4.78 is 13.5. The van der Waals surface area contributed by atoms with E-state index in [1.807, 2.05) is 6.92 Å². The van der Waals surface area contributed by atoms with E-state index in [4.69, 9.17) is 0 Å². The lowest BCUT2D eigenvalue weighted by Crippen LogP contribution is -2.45. The second-order valence-corrected chi connectivity index (χ2v) is 4.84. The van der Waals surface area contributed by atoms with Gasteiger partial charge in [0.2, 0.25) is 0 Å². The number of nitrogens with zero attached hydrogens (tertiary/aromatic N) is 1. The highest BCUT2D eigenvalue weighted by atomic mass is 35.5. The van der Waals surface area contributed by atoms with Gasteiger partial charge in [0.25, 0.3) is 0 Å². The molecular weight excluding hydrogens is 302 g/mol. The van der Waals surface area contributed by atoms with Crippen molar-refractivity contribution in [1.29, 1.82) is 0 Å². The van der Waals surface area contributed by atoms with E-state index in [-0.39, 0.29) is 36.6 Å². The van der Waals surface area contributed by atoms with Gasteiger partial charge < -0.3 is 10.4 Å². The van der Waals surface area contributed by atoms with Gasteiger partial charge in [-0.1, -0.05) is 13.0 Å². The predicted molar refractivity (Wildman–Crippen MR) is 84.8 cm³/mol. The Bertz CT molecular complexity index is 426. The Hall–Kier alpha value is -0.550. The number of aryl methyl sites for hydroxylation is 1. The number of piperazine rings is 1. The summed E-state index contributed by atoms with van der Waals surface area (Å²) in [7, 11) is 0. The molecule has 0 radical (unpaired) electrons. The van der Waals surface area contributed by atoms with E-state index in [1.54, 1.807) is 6.07 Å². The lowest BCUT2D eigenvalue weighted by molar-refractivity contribution is 0.165. The summed E-state index contributed by atoms with van der Waals surface area (Å²) in [6.07, 6.45) is 0.873. The summed E-state index contributed by atoms with van der Waals surface area (Å²) in [5, 5.41) is 13.3. The lowest BCUT2D eigenvalue weighted by Gasteiger charge is -2.35. The highest BCUT2D eigenvalue weighted by Crippen LogP contribution is 2.35. The largest absolute Gasteiger partial charge is 0.505 e. The normalized spacial score (nSPS) is 16.9. The topological polar surface area (TPSA) is 35.5 Å². The van der Waals surface area contributed by atoms with Crippen LogP contribution in [-0.4, -0.2) is 36.2 Å². The molecule has 6 heteroatoms. The Balaban J connectivity index is 0.00000180. The number of benzene rings is 1. The number of hydrogen-bond acceptors (Lipinski definition) is 3. The van der Waals surface area contributed by atoms with Crippen LogP contribution in [0, 0.1) is 12.7 Å². The molecule has 1 heterocycles. The van der Waals surface area contributed by atoms with Gasteiger partial charge in [-0.25, -0.2) is 4.39 Å². The summed E-state index contributed by atoms with van der Waals surface area (Å²) in [5.41, 5.74) is 1.71. The number of phenols is 1. The zero-order valence-electron chi connectivity index (χ0n) is 11.9. The van der Waals surface area contributed by atoms with Gasteiger partial charge in [0.05, 0.1) is 0 Å². The first-order valence-electron chi connectivity index (χ1n) is 6.58. The van der Waals surface area contributed by atoms with Crippen LogP contribution in [0.3, 0.4) is 0 Å². The molecule has 0 bridgehead atoms. The minimum Gasteiger partial charge on any atom is -0.505 e. The van der Waals surface area contributed by atoms with Gasteiger partial charge in [0.15, 0.2) is 11.6 Å². The summed E-state index contributed by atoms with van der Waals surface area (Å²) in [6, 6.07) is 3.18. The molecule has 0 spiro atoms. The highest BCUT2D eigenvalue weighted by Gasteiger charge is 2.25. The van der Waals surface area contributed by atoms with Crippen molar-refractivity contribution in [2.24, 2.45) is 0 Å². The Morgan fingerprint density at radius 1 is 1.30 bits per heavy atom. The Morgan fingerprint density at radius 3 is 2.45 bits per heavy atom. The second kappa shape index (κ2) is 8.67. The first-order chi connectivity index (χ1) is 8.65. The SMILES string of the molecule is CC[C@@H](c1c(C)ccc(F)c1O)N1CCNCC1.Cl.Cl. The zero-order chi connectivity index (χ0) is 13.1. The summed E-state index contributed by atoms with van der Waals surface area (Å²) in [5.74, 6) is -0.704. The van der Waals surface area contributed by atoms with Gasteiger partial charge in [-0.3, -0.25) is 4.90 Å². The molecule has 1 aromatic rings. The molecule has 2 rings (SSSR count). The van der Waals surface area contributed by atoms with Crippen molar-refractivity contribution in [3.63, 3.8) is 0 Å². The van der Waals surface area contributed by atoms with E-state index in [0.717, 1.165) is 43.7 Å². The van der Waals surface area contributed by atoms with Crippen LogP contribution in [0.15, 0.2) is 12.1 Å². The molecule has 0 aliphatic carbocycles. The second-order valence-electron chi connectivity index (χ2n) is 4.84. The molecule has 0 aromatic heterocycles. The lowest BCUT2D eigenvalue weighted by atomic mass is 9.96. The number of nitrogens with one attached hydrogen (secondary N) is 1. The molecule has 0 unspecified atom stereocenters. The van der Waals surface area contributed by atoms with Crippen molar-refractivity contribution in [2.45, 2.75) is 26.3 Å². The van der Waals surface area contributed by atoms with E-state index in [0.29, 0.717) is 0 Å². The van der Waals surface area contributed by atoms with Crippen molar-refractivity contribution in [3.05, 3.63) is 29.1 Å². The van der Waals surface area contributed by atoms with E-state index >= 15 is 0 Å². The molecular formula is C14H23Cl2FN2O. The minimum absolute atomic E-state index is 0. The minimum atomic E-state index is -0.524. The number of halogens is 3. The van der Waals surface area contributed by atoms with Crippen molar-refractivity contribution >= 4 is 24.8 Å². The molecule has 116 valence electrons. The number of hydrogen-bond donors (Lipinski definition) is 2. The van der Waals surface area contributed by atoms with Gasteiger partial charge in [-0.2, -0.15) is 0 Å². The zero-order valence-corrected chi connectivity index (χ0v) is 13.5. The van der Waals surface area contributed by atoms with E-state index in [2.05, 4.69) is 17.1 Å². The van der Waals surface area contributed by atoms with Gasteiger partial charge in [-0.05, 0) is 25.0 Å². The van der Waals surface area contributed by atoms with Crippen molar-refractivity contribution < 1.29 is 9.50 Å². The maximum absolute atomic E-state index is 13.5. The van der Waals surface area contributed by atoms with Crippen LogP contribution in [0.4, 0.5) is 4.39 Å². The molecule has 0 saturated carbocycles. The first-order valence-corrected chi connectivity index (χ1v) is 6.58. The van der Waals surface area contributed by atoms with E-state index < -0.39 is 5.82 Å². The Morgan fingerprint density at radius 2 is 1.90 bits per heavy atom. The molecule has 1 aliphatic heterocycles. The molecule has 1 fully saturated rings. The van der Waals surface area contributed by atoms with Crippen LogP contribution in [-0.2, 0) is 0 Å². The van der Waals surface area contributed by atoms with Crippen LogP contribution in [0.2, 0.25) is 0 Å². The maximum Gasteiger partial charge on any atom is 0.165 e. The van der Waals surface area contributed by atoms with Crippen LogP contribution in [0.25, 0.3) is 0 Å². The third kappa shape index (κ3) is 3.98. The van der Waals surface area contributed by atoms with Crippen molar-refractivity contribution in [1.82, 2.24) is 10.2 Å². The fourth-order valence-corrected chi connectivity index (χ4v) is 2.74. The summed E-state index contributed by atoms with van der Waals surface area (Å²) in [4.78, 5) is 2.32. The average molecular weight is 325 g/mol. The molecule has 20 heavy (non-hydrogen) atoms. The smallest absolute Gasteiger partial charge is 0.165 e. The van der Waals surface area contributed by atoms with Crippen LogP contribution >= 0.6 is 24.8 Å². The van der Waals surface area contributed by atoms with Gasteiger partial charge in [0, 0.05) is 37.8 Å². The average Bonchev–Trinajstić information content (AvgIpc) is 2.40. The molecule has 3 nitrogen and oxygen atoms in total. The van der Waals surface area contributed by atoms with Crippen LogP contribution < -0.4 is 5.32 Å². The molecule has 1 atom stereocenters. The fourth-order valence-electron chi connectivity index (χ4n) is 2.74. The molecule has 1 saturated heterocycles. The van der Waals surface area contributed by atoms with Gasteiger partial charge in [0.1, 0.15) is 0 Å². The van der Waals surface area contributed by atoms with Crippen LogP contribution in [0.1, 0.15) is 30.5 Å². The van der Waals surface area contributed by atoms with Gasteiger partial charge in [-0.15, -0.1) is 24.8 Å². The Kier molecular flexibility index (Phi) is 8.44.